The quantitative estimate of drug-likeness (QED) is 0.677. The molecule has 0 aromatic carbocycles. The lowest BCUT2D eigenvalue weighted by atomic mass is 9.90. The highest BCUT2D eigenvalue weighted by Crippen LogP contribution is 2.30. The molecular formula is C14H28O5. The molecule has 1 heterocycles. The maximum absolute atomic E-state index is 5.98. The van der Waals surface area contributed by atoms with Crippen LogP contribution in [0.3, 0.4) is 0 Å². The van der Waals surface area contributed by atoms with E-state index in [1.54, 1.807) is 14.2 Å². The Morgan fingerprint density at radius 3 is 2.32 bits per heavy atom. The largest absolute Gasteiger partial charge is 0.382 e. The van der Waals surface area contributed by atoms with Gasteiger partial charge in [0.05, 0.1) is 18.8 Å². The predicted octanol–water partition coefficient (Wildman–Crippen LogP) is 1.84. The summed E-state index contributed by atoms with van der Waals surface area (Å²) in [5.74, 6) is 0.203. The van der Waals surface area contributed by atoms with Crippen molar-refractivity contribution in [1.29, 1.82) is 0 Å². The molecule has 1 aliphatic rings. The van der Waals surface area contributed by atoms with Crippen LogP contribution in [-0.2, 0) is 23.7 Å². The van der Waals surface area contributed by atoms with Gasteiger partial charge in [-0.2, -0.15) is 0 Å². The van der Waals surface area contributed by atoms with Crippen LogP contribution >= 0.6 is 0 Å². The van der Waals surface area contributed by atoms with Crippen molar-refractivity contribution in [3.8, 4) is 0 Å². The van der Waals surface area contributed by atoms with Crippen molar-refractivity contribution < 1.29 is 23.7 Å². The maximum Gasteiger partial charge on any atom is 0.186 e. The Morgan fingerprint density at radius 2 is 1.79 bits per heavy atom. The van der Waals surface area contributed by atoms with Crippen LogP contribution in [-0.4, -0.2) is 58.6 Å². The van der Waals surface area contributed by atoms with Crippen LogP contribution in [0.25, 0.3) is 0 Å². The lowest BCUT2D eigenvalue weighted by Crippen LogP contribution is -2.57. The molecule has 19 heavy (non-hydrogen) atoms. The van der Waals surface area contributed by atoms with E-state index >= 15 is 0 Å². The molecule has 0 radical (unpaired) electrons. The highest BCUT2D eigenvalue weighted by atomic mass is 16.7. The van der Waals surface area contributed by atoms with Crippen molar-refractivity contribution in [1.82, 2.24) is 0 Å². The summed E-state index contributed by atoms with van der Waals surface area (Å²) >= 11 is 0. The molecule has 1 fully saturated rings. The minimum absolute atomic E-state index is 0.0289. The first-order chi connectivity index (χ1) is 9.19. The third-order valence-corrected chi connectivity index (χ3v) is 3.44. The van der Waals surface area contributed by atoms with Crippen LogP contribution in [0.2, 0.25) is 0 Å². The molecule has 3 unspecified atom stereocenters. The Hall–Kier alpha value is -0.200. The fourth-order valence-corrected chi connectivity index (χ4v) is 2.45. The first-order valence-corrected chi connectivity index (χ1v) is 7.09. The van der Waals surface area contributed by atoms with Gasteiger partial charge >= 0.3 is 0 Å². The van der Waals surface area contributed by atoms with E-state index in [1.165, 1.54) is 0 Å². The highest BCUT2D eigenvalue weighted by molar-refractivity contribution is 4.89. The van der Waals surface area contributed by atoms with Crippen LogP contribution in [0.15, 0.2) is 0 Å². The summed E-state index contributed by atoms with van der Waals surface area (Å²) < 4.78 is 28.3. The van der Waals surface area contributed by atoms with E-state index in [0.717, 1.165) is 6.42 Å². The SMILES string of the molecule is CCCOC1C(OCC)[C@@H](OC)OC(COC)[C@@H]1C. The Bertz CT molecular complexity index is 236. The molecule has 0 spiro atoms. The molecule has 0 aliphatic carbocycles. The zero-order valence-corrected chi connectivity index (χ0v) is 12.8. The minimum Gasteiger partial charge on any atom is -0.382 e. The van der Waals surface area contributed by atoms with Gasteiger partial charge in [0.15, 0.2) is 6.29 Å². The van der Waals surface area contributed by atoms with Gasteiger partial charge < -0.3 is 23.7 Å². The standard InChI is InChI=1S/C14H28O5/c1-6-8-18-12-10(3)11(9-15-4)19-14(16-5)13(12)17-7-2/h10-14H,6-9H2,1-5H3/t10-,11?,12?,13?,14-/m0/s1. The molecule has 5 heteroatoms. The number of rotatable bonds is 8. The lowest BCUT2D eigenvalue weighted by molar-refractivity contribution is -0.297. The van der Waals surface area contributed by atoms with Gasteiger partial charge in [-0.1, -0.05) is 13.8 Å². The van der Waals surface area contributed by atoms with E-state index in [4.69, 9.17) is 23.7 Å². The molecular weight excluding hydrogens is 248 g/mol. The van der Waals surface area contributed by atoms with E-state index in [2.05, 4.69) is 13.8 Å². The molecule has 0 N–H and O–H groups in total. The van der Waals surface area contributed by atoms with E-state index in [0.29, 0.717) is 19.8 Å². The van der Waals surface area contributed by atoms with Crippen molar-refractivity contribution in [2.24, 2.45) is 5.92 Å². The van der Waals surface area contributed by atoms with Gasteiger partial charge in [0.1, 0.15) is 6.10 Å². The maximum atomic E-state index is 5.98. The van der Waals surface area contributed by atoms with Crippen molar-refractivity contribution in [3.05, 3.63) is 0 Å². The fourth-order valence-electron chi connectivity index (χ4n) is 2.45. The fraction of sp³-hybridized carbons (Fsp3) is 1.00. The van der Waals surface area contributed by atoms with Gasteiger partial charge in [0.25, 0.3) is 0 Å². The van der Waals surface area contributed by atoms with Gasteiger partial charge in [-0.3, -0.25) is 0 Å². The average molecular weight is 276 g/mol. The molecule has 1 rings (SSSR count). The Morgan fingerprint density at radius 1 is 1.05 bits per heavy atom. The molecule has 5 nitrogen and oxygen atoms in total. The molecule has 0 saturated carbocycles. The summed E-state index contributed by atoms with van der Waals surface area (Å²) in [5.41, 5.74) is 0. The smallest absolute Gasteiger partial charge is 0.186 e. The topological polar surface area (TPSA) is 46.2 Å². The molecule has 0 amide bonds. The second-order valence-corrected chi connectivity index (χ2v) is 4.85. The number of hydrogen-bond donors (Lipinski definition) is 0. The van der Waals surface area contributed by atoms with Crippen LogP contribution in [0, 0.1) is 5.92 Å². The van der Waals surface area contributed by atoms with Crippen molar-refractivity contribution in [2.45, 2.75) is 51.8 Å². The third-order valence-electron chi connectivity index (χ3n) is 3.44. The second-order valence-electron chi connectivity index (χ2n) is 4.85. The average Bonchev–Trinajstić information content (AvgIpc) is 2.41. The predicted molar refractivity (Wildman–Crippen MR) is 72.2 cm³/mol. The first kappa shape index (κ1) is 16.9. The van der Waals surface area contributed by atoms with Crippen molar-refractivity contribution >= 4 is 0 Å². The van der Waals surface area contributed by atoms with Gasteiger partial charge in [-0.25, -0.2) is 0 Å². The first-order valence-electron chi connectivity index (χ1n) is 7.09. The lowest BCUT2D eigenvalue weighted by Gasteiger charge is -2.44. The Kier molecular flexibility index (Phi) is 7.87. The van der Waals surface area contributed by atoms with E-state index < -0.39 is 6.29 Å². The summed E-state index contributed by atoms with van der Waals surface area (Å²) in [7, 11) is 3.31. The zero-order chi connectivity index (χ0) is 14.3. The van der Waals surface area contributed by atoms with Gasteiger partial charge in [0, 0.05) is 33.4 Å². The molecule has 1 saturated heterocycles. The van der Waals surface area contributed by atoms with E-state index in [1.807, 2.05) is 6.92 Å². The summed E-state index contributed by atoms with van der Waals surface area (Å²) in [6, 6.07) is 0. The van der Waals surface area contributed by atoms with Crippen LogP contribution in [0.5, 0.6) is 0 Å². The molecule has 1 aliphatic heterocycles. The van der Waals surface area contributed by atoms with Crippen LogP contribution in [0.1, 0.15) is 27.2 Å². The van der Waals surface area contributed by atoms with Gasteiger partial charge in [0.2, 0.25) is 0 Å². The van der Waals surface area contributed by atoms with Gasteiger partial charge in [-0.15, -0.1) is 0 Å². The monoisotopic (exact) mass is 276 g/mol. The highest BCUT2D eigenvalue weighted by Gasteiger charge is 2.45. The summed E-state index contributed by atoms with van der Waals surface area (Å²) in [6.07, 6.45) is 0.324. The zero-order valence-electron chi connectivity index (χ0n) is 12.8. The Balaban J connectivity index is 2.79. The van der Waals surface area contributed by atoms with Crippen molar-refractivity contribution in [3.63, 3.8) is 0 Å². The number of hydrogen-bond acceptors (Lipinski definition) is 5. The summed E-state index contributed by atoms with van der Waals surface area (Å²) in [6.45, 7) is 8.04. The van der Waals surface area contributed by atoms with E-state index in [-0.39, 0.29) is 24.2 Å². The van der Waals surface area contributed by atoms with E-state index in [9.17, 15) is 0 Å². The molecule has 0 bridgehead atoms. The molecule has 0 aromatic rings. The number of methoxy groups -OCH3 is 2. The molecule has 114 valence electrons. The third kappa shape index (κ3) is 4.39. The normalized spacial score (nSPS) is 35.5. The summed E-state index contributed by atoms with van der Waals surface area (Å²) in [4.78, 5) is 0. The second kappa shape index (κ2) is 8.87. The molecule has 0 aromatic heterocycles. The minimum atomic E-state index is -0.404. The van der Waals surface area contributed by atoms with Gasteiger partial charge in [-0.05, 0) is 13.3 Å². The summed E-state index contributed by atoms with van der Waals surface area (Å²) in [5, 5.41) is 0. The molecule has 5 atom stereocenters. The number of ether oxygens (including phenoxy) is 5. The van der Waals surface area contributed by atoms with Crippen LogP contribution in [0.4, 0.5) is 0 Å². The van der Waals surface area contributed by atoms with Crippen LogP contribution < -0.4 is 0 Å². The van der Waals surface area contributed by atoms with Crippen molar-refractivity contribution in [2.75, 3.05) is 34.0 Å². The Labute approximate surface area is 116 Å².